The lowest BCUT2D eigenvalue weighted by Gasteiger charge is -2.42. The molecule has 0 aliphatic carbocycles. The number of anilines is 2. The molecular formula is C22H22N6O. The van der Waals surface area contributed by atoms with E-state index >= 15 is 0 Å². The highest BCUT2D eigenvalue weighted by atomic mass is 16.1. The third-order valence-electron chi connectivity index (χ3n) is 5.34. The molecule has 7 nitrogen and oxygen atoms in total. The van der Waals surface area contributed by atoms with Crippen LogP contribution in [0.3, 0.4) is 0 Å². The summed E-state index contributed by atoms with van der Waals surface area (Å²) in [6, 6.07) is 15.3. The molecule has 2 aromatic heterocycles. The van der Waals surface area contributed by atoms with E-state index in [1.54, 1.807) is 30.1 Å². The molecule has 0 amide bonds. The summed E-state index contributed by atoms with van der Waals surface area (Å²) in [6.45, 7) is 4.32. The highest BCUT2D eigenvalue weighted by Gasteiger charge is 2.28. The minimum atomic E-state index is -0.0914. The molecule has 0 spiro atoms. The van der Waals surface area contributed by atoms with Crippen molar-refractivity contribution in [1.29, 1.82) is 5.26 Å². The Morgan fingerprint density at radius 2 is 1.90 bits per heavy atom. The predicted octanol–water partition coefficient (Wildman–Crippen LogP) is 2.43. The Hall–Kier alpha value is -3.66. The lowest BCUT2D eigenvalue weighted by atomic mass is 10.1. The van der Waals surface area contributed by atoms with Crippen LogP contribution in [0.25, 0.3) is 11.3 Å². The fraction of sp³-hybridized carbons (Fsp3) is 0.273. The summed E-state index contributed by atoms with van der Waals surface area (Å²) in [4.78, 5) is 25.8. The van der Waals surface area contributed by atoms with Crippen LogP contribution < -0.4 is 15.4 Å². The fourth-order valence-corrected chi connectivity index (χ4v) is 3.77. The summed E-state index contributed by atoms with van der Waals surface area (Å²) in [5.74, 6) is 0.657. The minimum Gasteiger partial charge on any atom is -0.367 e. The van der Waals surface area contributed by atoms with Gasteiger partial charge in [0.1, 0.15) is 6.07 Å². The number of aromatic nitrogens is 3. The average Bonchev–Trinajstić information content (AvgIpc) is 2.76. The number of para-hydroxylation sites is 1. The summed E-state index contributed by atoms with van der Waals surface area (Å²) >= 11 is 0. The van der Waals surface area contributed by atoms with Gasteiger partial charge < -0.3 is 9.80 Å². The second-order valence-electron chi connectivity index (χ2n) is 7.19. The summed E-state index contributed by atoms with van der Waals surface area (Å²) in [5, 5.41) is 9.41. The molecule has 1 fully saturated rings. The van der Waals surface area contributed by atoms with Crippen molar-refractivity contribution in [3.05, 3.63) is 70.8 Å². The molecule has 4 rings (SSSR count). The van der Waals surface area contributed by atoms with Gasteiger partial charge in [0.15, 0.2) is 0 Å². The van der Waals surface area contributed by atoms with E-state index in [2.05, 4.69) is 27.8 Å². The molecule has 1 aliphatic rings. The fourth-order valence-electron chi connectivity index (χ4n) is 3.77. The quantitative estimate of drug-likeness (QED) is 0.688. The Labute approximate surface area is 169 Å². The smallest absolute Gasteiger partial charge is 0.255 e. The maximum absolute atomic E-state index is 12.6. The highest BCUT2D eigenvalue weighted by Crippen LogP contribution is 2.26. The van der Waals surface area contributed by atoms with E-state index in [0.717, 1.165) is 24.3 Å². The van der Waals surface area contributed by atoms with Gasteiger partial charge in [0.05, 0.1) is 16.9 Å². The van der Waals surface area contributed by atoms with Crippen LogP contribution in [0.5, 0.6) is 0 Å². The van der Waals surface area contributed by atoms with Crippen LogP contribution >= 0.6 is 0 Å². The van der Waals surface area contributed by atoms with Crippen molar-refractivity contribution in [1.82, 2.24) is 14.5 Å². The molecule has 7 heteroatoms. The molecule has 0 radical (unpaired) electrons. The number of benzene rings is 1. The molecule has 0 bridgehead atoms. The first-order valence-corrected chi connectivity index (χ1v) is 9.57. The molecule has 0 unspecified atom stereocenters. The van der Waals surface area contributed by atoms with E-state index in [1.165, 1.54) is 0 Å². The normalized spacial score (nSPS) is 16.5. The van der Waals surface area contributed by atoms with Gasteiger partial charge in [-0.05, 0) is 31.2 Å². The van der Waals surface area contributed by atoms with E-state index < -0.39 is 0 Å². The van der Waals surface area contributed by atoms with Crippen LogP contribution in [-0.2, 0) is 7.05 Å². The van der Waals surface area contributed by atoms with Crippen LogP contribution in [0.1, 0.15) is 12.5 Å². The third kappa shape index (κ3) is 3.57. The number of rotatable bonds is 3. The molecule has 3 aromatic rings. The second kappa shape index (κ2) is 7.76. The topological polar surface area (TPSA) is 78.1 Å². The van der Waals surface area contributed by atoms with E-state index in [-0.39, 0.29) is 11.6 Å². The number of nitriles is 1. The minimum absolute atomic E-state index is 0.0914. The van der Waals surface area contributed by atoms with Gasteiger partial charge >= 0.3 is 0 Å². The van der Waals surface area contributed by atoms with Crippen LogP contribution in [0.4, 0.5) is 11.6 Å². The molecule has 146 valence electrons. The van der Waals surface area contributed by atoms with E-state index in [9.17, 15) is 10.1 Å². The summed E-state index contributed by atoms with van der Waals surface area (Å²) in [6.07, 6.45) is 3.39. The van der Waals surface area contributed by atoms with Crippen LogP contribution in [-0.4, -0.2) is 40.2 Å². The molecule has 29 heavy (non-hydrogen) atoms. The van der Waals surface area contributed by atoms with Crippen LogP contribution in [0.2, 0.25) is 0 Å². The van der Waals surface area contributed by atoms with Crippen molar-refractivity contribution >= 4 is 11.6 Å². The van der Waals surface area contributed by atoms with Crippen molar-refractivity contribution < 1.29 is 0 Å². The van der Waals surface area contributed by atoms with Gasteiger partial charge in [-0.2, -0.15) is 5.26 Å². The van der Waals surface area contributed by atoms with Crippen LogP contribution in [0, 0.1) is 11.3 Å². The van der Waals surface area contributed by atoms with Crippen molar-refractivity contribution in [3.63, 3.8) is 0 Å². The van der Waals surface area contributed by atoms with Crippen molar-refractivity contribution in [2.75, 3.05) is 29.4 Å². The van der Waals surface area contributed by atoms with Gasteiger partial charge in [-0.15, -0.1) is 0 Å². The van der Waals surface area contributed by atoms with Gasteiger partial charge in [-0.1, -0.05) is 12.1 Å². The Bertz CT molecular complexity index is 1120. The highest BCUT2D eigenvalue weighted by molar-refractivity contribution is 5.62. The molecule has 1 saturated heterocycles. The zero-order chi connectivity index (χ0) is 20.4. The first-order valence-electron chi connectivity index (χ1n) is 9.57. The largest absolute Gasteiger partial charge is 0.367 e. The van der Waals surface area contributed by atoms with E-state index in [1.807, 2.05) is 36.4 Å². The number of nitrogens with zero attached hydrogens (tertiary/aromatic N) is 6. The van der Waals surface area contributed by atoms with Gasteiger partial charge in [-0.25, -0.2) is 4.98 Å². The molecular weight excluding hydrogens is 364 g/mol. The summed E-state index contributed by atoms with van der Waals surface area (Å²) < 4.78 is 1.60. The molecule has 1 atom stereocenters. The third-order valence-corrected chi connectivity index (χ3v) is 5.34. The van der Waals surface area contributed by atoms with Crippen molar-refractivity contribution in [2.45, 2.75) is 13.0 Å². The lowest BCUT2D eigenvalue weighted by Crippen LogP contribution is -2.53. The maximum atomic E-state index is 12.6. The number of pyridine rings is 1. The molecule has 0 saturated carbocycles. The molecule has 1 aliphatic heterocycles. The Morgan fingerprint density at radius 1 is 1.14 bits per heavy atom. The number of piperazine rings is 1. The Balaban J connectivity index is 1.64. The van der Waals surface area contributed by atoms with E-state index in [4.69, 9.17) is 4.98 Å². The zero-order valence-electron chi connectivity index (χ0n) is 16.5. The predicted molar refractivity (Wildman–Crippen MR) is 113 cm³/mol. The van der Waals surface area contributed by atoms with Gasteiger partial charge in [-0.3, -0.25) is 14.3 Å². The van der Waals surface area contributed by atoms with Gasteiger partial charge in [0.2, 0.25) is 5.95 Å². The van der Waals surface area contributed by atoms with Crippen molar-refractivity contribution in [3.8, 4) is 17.3 Å². The number of hydrogen-bond acceptors (Lipinski definition) is 6. The van der Waals surface area contributed by atoms with Gasteiger partial charge in [0, 0.05) is 56.7 Å². The maximum Gasteiger partial charge on any atom is 0.255 e. The molecule has 1 aromatic carbocycles. The zero-order valence-corrected chi connectivity index (χ0v) is 16.5. The van der Waals surface area contributed by atoms with Gasteiger partial charge in [0.25, 0.3) is 5.56 Å². The lowest BCUT2D eigenvalue weighted by molar-refractivity contribution is 0.529. The average molecular weight is 386 g/mol. The van der Waals surface area contributed by atoms with Crippen LogP contribution in [0.15, 0.2) is 59.7 Å². The first kappa shape index (κ1) is 18.7. The second-order valence-corrected chi connectivity index (χ2v) is 7.19. The Morgan fingerprint density at radius 3 is 2.62 bits per heavy atom. The standard InChI is InChI=1S/C22H22N6O/c1-16-15-27(20-6-4-3-5-18(20)14-23)11-12-28(16)22-25-19(13-21(29)26(22)2)17-7-9-24-10-8-17/h3-10,13,16H,11-12,15H2,1-2H3/t16-/m1/s1. The summed E-state index contributed by atoms with van der Waals surface area (Å²) in [5.41, 5.74) is 3.06. The van der Waals surface area contributed by atoms with Crippen molar-refractivity contribution in [2.24, 2.45) is 7.05 Å². The Kier molecular flexibility index (Phi) is 5.00. The molecule has 0 N–H and O–H groups in total. The monoisotopic (exact) mass is 386 g/mol. The first-order chi connectivity index (χ1) is 14.1. The summed E-state index contributed by atoms with van der Waals surface area (Å²) in [7, 11) is 1.76. The SMILES string of the molecule is C[C@@H]1CN(c2ccccc2C#N)CCN1c1nc(-c2ccncc2)cc(=O)n1C. The van der Waals surface area contributed by atoms with E-state index in [0.29, 0.717) is 23.8 Å². The number of hydrogen-bond donors (Lipinski definition) is 0. The molecule has 3 heterocycles.